The monoisotopic (exact) mass is 323 g/mol. The van der Waals surface area contributed by atoms with Crippen LogP contribution in [-0.2, 0) is 21.7 Å². The van der Waals surface area contributed by atoms with Crippen molar-refractivity contribution >= 4 is 17.7 Å². The van der Waals surface area contributed by atoms with Crippen molar-refractivity contribution in [1.29, 1.82) is 0 Å². The van der Waals surface area contributed by atoms with Crippen molar-refractivity contribution in [3.05, 3.63) is 34.3 Å². The maximum atomic E-state index is 12.2. The predicted octanol–water partition coefficient (Wildman–Crippen LogP) is 4.10. The molecule has 0 radical (unpaired) electrons. The summed E-state index contributed by atoms with van der Waals surface area (Å²) in [6, 6.07) is 5.96. The van der Waals surface area contributed by atoms with Gasteiger partial charge in [-0.3, -0.25) is 0 Å². The minimum Gasteiger partial charge on any atom is -0.444 e. The van der Waals surface area contributed by atoms with Crippen LogP contribution >= 0.6 is 11.6 Å². The topological polar surface area (TPSA) is 38.8 Å². The molecule has 4 nitrogen and oxygen atoms in total. The van der Waals surface area contributed by atoms with Crippen LogP contribution in [0.3, 0.4) is 0 Å². The first-order chi connectivity index (χ1) is 10.3. The molecule has 0 bridgehead atoms. The summed E-state index contributed by atoms with van der Waals surface area (Å²) in [5.41, 5.74) is 1.66. The summed E-state index contributed by atoms with van der Waals surface area (Å²) >= 11 is 6.05. The third kappa shape index (κ3) is 2.95. The SMILES string of the molecule is CC(C)(C)OC(=O)N1CCC2(CC1)OCc1cc(Cl)ccc12. The molecular formula is C17H22ClNO3. The number of carbonyl (C=O) groups excluding carboxylic acids is 1. The zero-order valence-corrected chi connectivity index (χ0v) is 14.1. The molecule has 1 fully saturated rings. The maximum absolute atomic E-state index is 12.2. The van der Waals surface area contributed by atoms with Gasteiger partial charge in [-0.1, -0.05) is 17.7 Å². The van der Waals surface area contributed by atoms with Gasteiger partial charge in [-0.15, -0.1) is 0 Å². The van der Waals surface area contributed by atoms with Crippen LogP contribution in [-0.4, -0.2) is 29.7 Å². The molecule has 120 valence electrons. The average molecular weight is 324 g/mol. The summed E-state index contributed by atoms with van der Waals surface area (Å²) in [4.78, 5) is 13.9. The molecule has 1 spiro atoms. The van der Waals surface area contributed by atoms with Gasteiger partial charge in [-0.25, -0.2) is 4.79 Å². The van der Waals surface area contributed by atoms with Crippen LogP contribution in [0.4, 0.5) is 4.79 Å². The van der Waals surface area contributed by atoms with E-state index < -0.39 is 5.60 Å². The van der Waals surface area contributed by atoms with Gasteiger partial charge in [0.2, 0.25) is 0 Å². The fourth-order valence-corrected chi connectivity index (χ4v) is 3.41. The molecule has 0 atom stereocenters. The van der Waals surface area contributed by atoms with E-state index in [1.54, 1.807) is 4.90 Å². The summed E-state index contributed by atoms with van der Waals surface area (Å²) in [6.07, 6.45) is 1.35. The number of hydrogen-bond donors (Lipinski definition) is 0. The lowest BCUT2D eigenvalue weighted by molar-refractivity contribution is -0.0797. The van der Waals surface area contributed by atoms with E-state index in [1.165, 1.54) is 11.1 Å². The van der Waals surface area contributed by atoms with Crippen molar-refractivity contribution in [1.82, 2.24) is 4.90 Å². The van der Waals surface area contributed by atoms with E-state index in [-0.39, 0.29) is 11.7 Å². The van der Waals surface area contributed by atoms with Crippen molar-refractivity contribution in [2.75, 3.05) is 13.1 Å². The van der Waals surface area contributed by atoms with Crippen LogP contribution in [0.25, 0.3) is 0 Å². The second-order valence-electron chi connectivity index (χ2n) is 7.05. The third-order valence-electron chi connectivity index (χ3n) is 4.28. The van der Waals surface area contributed by atoms with E-state index in [0.717, 1.165) is 17.9 Å². The molecule has 2 heterocycles. The minimum absolute atomic E-state index is 0.239. The van der Waals surface area contributed by atoms with Crippen molar-refractivity contribution in [3.8, 4) is 0 Å². The highest BCUT2D eigenvalue weighted by molar-refractivity contribution is 6.30. The Hall–Kier alpha value is -1.26. The molecule has 1 aromatic carbocycles. The number of ether oxygens (including phenoxy) is 2. The number of piperidine rings is 1. The van der Waals surface area contributed by atoms with Crippen molar-refractivity contribution in [3.63, 3.8) is 0 Å². The lowest BCUT2D eigenvalue weighted by atomic mass is 9.84. The minimum atomic E-state index is -0.459. The third-order valence-corrected chi connectivity index (χ3v) is 4.52. The number of likely N-dealkylation sites (tertiary alicyclic amines) is 1. The quantitative estimate of drug-likeness (QED) is 0.721. The van der Waals surface area contributed by atoms with Crippen LogP contribution in [0.1, 0.15) is 44.7 Å². The summed E-state index contributed by atoms with van der Waals surface area (Å²) in [7, 11) is 0. The molecule has 3 rings (SSSR count). The van der Waals surface area contributed by atoms with Gasteiger partial charge in [0.1, 0.15) is 5.60 Å². The normalized spacial score (nSPS) is 20.1. The number of benzene rings is 1. The molecule has 0 aromatic heterocycles. The molecule has 1 aromatic rings. The average Bonchev–Trinajstić information content (AvgIpc) is 2.76. The first-order valence-electron chi connectivity index (χ1n) is 7.70. The summed E-state index contributed by atoms with van der Waals surface area (Å²) in [5.74, 6) is 0. The van der Waals surface area contributed by atoms with E-state index in [4.69, 9.17) is 21.1 Å². The first-order valence-corrected chi connectivity index (χ1v) is 8.08. The van der Waals surface area contributed by atoms with Gasteiger partial charge in [-0.2, -0.15) is 0 Å². The molecule has 0 saturated carbocycles. The Morgan fingerprint density at radius 1 is 1.32 bits per heavy atom. The zero-order chi connectivity index (χ0) is 16.0. The summed E-state index contributed by atoms with van der Waals surface area (Å²) in [6.45, 7) is 7.56. The Balaban J connectivity index is 1.69. The first kappa shape index (κ1) is 15.6. The lowest BCUT2D eigenvalue weighted by Crippen LogP contribution is -2.46. The molecule has 2 aliphatic rings. The maximum Gasteiger partial charge on any atom is 0.410 e. The molecule has 5 heteroatoms. The molecule has 0 unspecified atom stereocenters. The molecule has 0 N–H and O–H groups in total. The number of rotatable bonds is 0. The Morgan fingerprint density at radius 2 is 2.00 bits per heavy atom. The summed E-state index contributed by atoms with van der Waals surface area (Å²) < 4.78 is 11.5. The van der Waals surface area contributed by atoms with E-state index >= 15 is 0 Å². The Kier molecular flexibility index (Phi) is 3.86. The molecule has 2 aliphatic heterocycles. The van der Waals surface area contributed by atoms with Crippen molar-refractivity contribution in [2.24, 2.45) is 0 Å². The highest BCUT2D eigenvalue weighted by Crippen LogP contribution is 2.44. The van der Waals surface area contributed by atoms with Gasteiger partial charge in [0, 0.05) is 18.1 Å². The van der Waals surface area contributed by atoms with Crippen LogP contribution in [0.5, 0.6) is 0 Å². The Labute approximate surface area is 136 Å². The zero-order valence-electron chi connectivity index (χ0n) is 13.3. The van der Waals surface area contributed by atoms with Gasteiger partial charge in [0.05, 0.1) is 12.2 Å². The number of hydrogen-bond acceptors (Lipinski definition) is 3. The molecule has 22 heavy (non-hydrogen) atoms. The molecule has 1 saturated heterocycles. The standard InChI is InChI=1S/C17H22ClNO3/c1-16(2,3)22-15(20)19-8-6-17(7-9-19)14-5-4-13(18)10-12(14)11-21-17/h4-5,10H,6-9,11H2,1-3H3. The van der Waals surface area contributed by atoms with Gasteiger partial charge < -0.3 is 14.4 Å². The highest BCUT2D eigenvalue weighted by atomic mass is 35.5. The number of carbonyl (C=O) groups is 1. The predicted molar refractivity (Wildman–Crippen MR) is 85.0 cm³/mol. The second kappa shape index (κ2) is 5.43. The Bertz CT molecular complexity index is 586. The van der Waals surface area contributed by atoms with Crippen LogP contribution in [0, 0.1) is 0 Å². The van der Waals surface area contributed by atoms with E-state index in [9.17, 15) is 4.79 Å². The molecular weight excluding hydrogens is 302 g/mol. The van der Waals surface area contributed by atoms with Crippen molar-refractivity contribution in [2.45, 2.75) is 51.4 Å². The smallest absolute Gasteiger partial charge is 0.410 e. The number of amides is 1. The van der Waals surface area contributed by atoms with Gasteiger partial charge in [-0.05, 0) is 56.9 Å². The van der Waals surface area contributed by atoms with E-state index in [2.05, 4.69) is 6.07 Å². The van der Waals surface area contributed by atoms with Gasteiger partial charge >= 0.3 is 6.09 Å². The molecule has 0 aliphatic carbocycles. The fourth-order valence-electron chi connectivity index (χ4n) is 3.21. The fraction of sp³-hybridized carbons (Fsp3) is 0.588. The van der Waals surface area contributed by atoms with Gasteiger partial charge in [0.15, 0.2) is 0 Å². The molecule has 1 amide bonds. The number of fused-ring (bicyclic) bond motifs is 2. The largest absolute Gasteiger partial charge is 0.444 e. The second-order valence-corrected chi connectivity index (χ2v) is 7.49. The van der Waals surface area contributed by atoms with Gasteiger partial charge in [0.25, 0.3) is 0 Å². The number of halogens is 1. The van der Waals surface area contributed by atoms with Crippen LogP contribution < -0.4 is 0 Å². The van der Waals surface area contributed by atoms with E-state index in [1.807, 2.05) is 32.9 Å². The van der Waals surface area contributed by atoms with Crippen molar-refractivity contribution < 1.29 is 14.3 Å². The lowest BCUT2D eigenvalue weighted by Gasteiger charge is -2.39. The van der Waals surface area contributed by atoms with Crippen LogP contribution in [0.15, 0.2) is 18.2 Å². The highest BCUT2D eigenvalue weighted by Gasteiger charge is 2.43. The van der Waals surface area contributed by atoms with Crippen LogP contribution in [0.2, 0.25) is 5.02 Å². The summed E-state index contributed by atoms with van der Waals surface area (Å²) in [5, 5.41) is 0.741. The van der Waals surface area contributed by atoms with E-state index in [0.29, 0.717) is 19.7 Å². The number of nitrogens with zero attached hydrogens (tertiary/aromatic N) is 1. The Morgan fingerprint density at radius 3 is 2.64 bits per heavy atom.